The second-order valence-electron chi connectivity index (χ2n) is 6.58. The number of ether oxygens (including phenoxy) is 2. The molecule has 0 aliphatic heterocycles. The third kappa shape index (κ3) is 4.13. The lowest BCUT2D eigenvalue weighted by atomic mass is 10.1. The quantitative estimate of drug-likeness (QED) is 0.165. The van der Waals surface area contributed by atoms with E-state index < -0.39 is 110 Å². The minimum absolute atomic E-state index is 0.661. The van der Waals surface area contributed by atoms with Crippen molar-refractivity contribution in [2.45, 2.75) is 6.18 Å². The Morgan fingerprint density at radius 3 is 1.25 bits per heavy atom. The summed E-state index contributed by atoms with van der Waals surface area (Å²) in [6.07, 6.45) is -5.78. The molecular weight excluding hydrogens is 535 g/mol. The molecule has 0 heterocycles. The van der Waals surface area contributed by atoms with Crippen LogP contribution in [0, 0.1) is 58.2 Å². The van der Waals surface area contributed by atoms with Crippen LogP contribution in [-0.2, 0) is 6.18 Å². The highest BCUT2D eigenvalue weighted by Gasteiger charge is 2.41. The molecule has 0 atom stereocenters. The minimum atomic E-state index is -5.78. The van der Waals surface area contributed by atoms with Gasteiger partial charge in [0.1, 0.15) is 16.9 Å². The number of alkyl halides is 3. The molecule has 0 saturated heterocycles. The van der Waals surface area contributed by atoms with Crippen LogP contribution < -0.4 is 20.9 Å². The van der Waals surface area contributed by atoms with Crippen molar-refractivity contribution in [2.75, 3.05) is 11.5 Å². The predicted molar refractivity (Wildman–Crippen MR) is 92.9 cm³/mol. The van der Waals surface area contributed by atoms with Crippen molar-refractivity contribution in [1.82, 2.24) is 0 Å². The third-order valence-corrected chi connectivity index (χ3v) is 4.36. The Morgan fingerprint density at radius 2 is 0.861 bits per heavy atom. The SMILES string of the molecule is Nc1c(F)c(F)c(F)c(Oc2c(F)cc(C(F)(F)F)c(Oc3c(F)c(N)c(F)c(F)c3F)c2F)c1F. The van der Waals surface area contributed by atoms with E-state index in [9.17, 15) is 57.1 Å². The van der Waals surface area contributed by atoms with Crippen molar-refractivity contribution in [1.29, 1.82) is 0 Å². The van der Waals surface area contributed by atoms with E-state index in [2.05, 4.69) is 9.47 Å². The first-order chi connectivity index (χ1) is 16.5. The van der Waals surface area contributed by atoms with Gasteiger partial charge in [-0.3, -0.25) is 0 Å². The lowest BCUT2D eigenvalue weighted by Crippen LogP contribution is -2.13. The topological polar surface area (TPSA) is 70.5 Å². The number of hydrogen-bond acceptors (Lipinski definition) is 4. The van der Waals surface area contributed by atoms with Crippen LogP contribution in [0.5, 0.6) is 23.0 Å². The van der Waals surface area contributed by atoms with Gasteiger partial charge in [0, 0.05) is 0 Å². The summed E-state index contributed by atoms with van der Waals surface area (Å²) in [5, 5.41) is 0. The largest absolute Gasteiger partial charge is 0.447 e. The van der Waals surface area contributed by atoms with Gasteiger partial charge < -0.3 is 20.9 Å². The van der Waals surface area contributed by atoms with Gasteiger partial charge in [-0.15, -0.1) is 0 Å². The summed E-state index contributed by atoms with van der Waals surface area (Å²) in [7, 11) is 0. The van der Waals surface area contributed by atoms with E-state index in [-0.39, 0.29) is 0 Å². The molecule has 0 radical (unpaired) electrons. The first-order valence-electron chi connectivity index (χ1n) is 8.68. The van der Waals surface area contributed by atoms with Crippen molar-refractivity contribution in [3.8, 4) is 23.0 Å². The van der Waals surface area contributed by atoms with Gasteiger partial charge in [0.05, 0.1) is 0 Å². The fraction of sp³-hybridized carbons (Fsp3) is 0.0526. The summed E-state index contributed by atoms with van der Waals surface area (Å²) in [6.45, 7) is 0. The van der Waals surface area contributed by atoms with E-state index in [1.165, 1.54) is 0 Å². The van der Waals surface area contributed by atoms with Gasteiger partial charge in [-0.2, -0.15) is 26.3 Å². The predicted octanol–water partition coefficient (Wildman–Crippen LogP) is 6.85. The highest BCUT2D eigenvalue weighted by atomic mass is 19.4. The lowest BCUT2D eigenvalue weighted by Gasteiger charge is -2.19. The first-order valence-corrected chi connectivity index (χ1v) is 8.68. The molecule has 4 N–H and O–H groups in total. The van der Waals surface area contributed by atoms with E-state index >= 15 is 0 Å². The standard InChI is InChI=1S/C19H5F13N2O2/c20-3-1-2(19(30,31)32)15(35-17-8(25)4(21)6(23)13(33)10(17)27)12(29)16(3)36-18-9(26)5(22)7(24)14(34)11(18)28/h1H,33-34H2. The summed E-state index contributed by atoms with van der Waals surface area (Å²) in [5.41, 5.74) is 3.53. The summed E-state index contributed by atoms with van der Waals surface area (Å²) in [5.74, 6) is -33.7. The molecule has 3 aromatic rings. The Hall–Kier alpha value is -4.05. The number of nitrogens with two attached hydrogens (primary N) is 2. The van der Waals surface area contributed by atoms with Crippen molar-refractivity contribution >= 4 is 11.4 Å². The Morgan fingerprint density at radius 1 is 0.472 bits per heavy atom. The lowest BCUT2D eigenvalue weighted by molar-refractivity contribution is -0.139. The summed E-state index contributed by atoms with van der Waals surface area (Å²) >= 11 is 0. The fourth-order valence-corrected chi connectivity index (χ4v) is 2.63. The monoisotopic (exact) mass is 540 g/mol. The zero-order chi connectivity index (χ0) is 27.4. The molecule has 0 fully saturated rings. The maximum Gasteiger partial charge on any atom is 0.420 e. The van der Waals surface area contributed by atoms with E-state index in [0.717, 1.165) is 0 Å². The maximum atomic E-state index is 14.9. The average Bonchev–Trinajstić information content (AvgIpc) is 2.81. The normalized spacial score (nSPS) is 11.7. The van der Waals surface area contributed by atoms with E-state index in [0.29, 0.717) is 0 Å². The molecule has 0 unspecified atom stereocenters. The molecule has 0 aliphatic carbocycles. The third-order valence-electron chi connectivity index (χ3n) is 4.36. The van der Waals surface area contributed by atoms with Crippen LogP contribution >= 0.6 is 0 Å². The van der Waals surface area contributed by atoms with Gasteiger partial charge in [-0.25, -0.2) is 30.7 Å². The number of benzene rings is 3. The molecule has 3 aromatic carbocycles. The molecule has 0 amide bonds. The highest BCUT2D eigenvalue weighted by molar-refractivity contribution is 5.55. The highest BCUT2D eigenvalue weighted by Crippen LogP contribution is 2.47. The van der Waals surface area contributed by atoms with Crippen LogP contribution in [0.4, 0.5) is 68.5 Å². The van der Waals surface area contributed by atoms with Gasteiger partial charge in [0.2, 0.25) is 46.3 Å². The Labute approximate surface area is 189 Å². The number of rotatable bonds is 4. The maximum absolute atomic E-state index is 14.9. The van der Waals surface area contributed by atoms with Gasteiger partial charge in [0.15, 0.2) is 34.8 Å². The minimum Gasteiger partial charge on any atom is -0.447 e. The molecule has 36 heavy (non-hydrogen) atoms. The first kappa shape index (κ1) is 26.6. The van der Waals surface area contributed by atoms with Gasteiger partial charge in [-0.1, -0.05) is 0 Å². The summed E-state index contributed by atoms with van der Waals surface area (Å²) in [4.78, 5) is 0. The van der Waals surface area contributed by atoms with Crippen LogP contribution in [0.2, 0.25) is 0 Å². The second-order valence-corrected chi connectivity index (χ2v) is 6.58. The molecule has 0 aromatic heterocycles. The molecule has 194 valence electrons. The molecule has 4 nitrogen and oxygen atoms in total. The number of halogens is 13. The van der Waals surface area contributed by atoms with Gasteiger partial charge in [-0.05, 0) is 6.07 Å². The summed E-state index contributed by atoms with van der Waals surface area (Å²) < 4.78 is 187. The number of nitrogen functional groups attached to an aromatic ring is 2. The Bertz CT molecular complexity index is 1350. The van der Waals surface area contributed by atoms with Crippen molar-refractivity contribution in [3.63, 3.8) is 0 Å². The molecule has 0 spiro atoms. The molecule has 0 saturated carbocycles. The van der Waals surface area contributed by atoms with E-state index in [1.54, 1.807) is 0 Å². The van der Waals surface area contributed by atoms with Gasteiger partial charge >= 0.3 is 6.18 Å². The smallest absolute Gasteiger partial charge is 0.420 e. The zero-order valence-electron chi connectivity index (χ0n) is 16.5. The van der Waals surface area contributed by atoms with E-state index in [1.807, 2.05) is 0 Å². The fourth-order valence-electron chi connectivity index (χ4n) is 2.63. The number of hydrogen-bond donors (Lipinski definition) is 2. The Balaban J connectivity index is 2.30. The van der Waals surface area contributed by atoms with Crippen molar-refractivity contribution in [3.05, 3.63) is 69.8 Å². The molecule has 17 heteroatoms. The van der Waals surface area contributed by atoms with E-state index in [4.69, 9.17) is 11.5 Å². The van der Waals surface area contributed by atoms with Crippen LogP contribution in [0.1, 0.15) is 5.56 Å². The van der Waals surface area contributed by atoms with Crippen molar-refractivity contribution in [2.24, 2.45) is 0 Å². The Kier molecular flexibility index (Phi) is 6.54. The second kappa shape index (κ2) is 8.87. The van der Waals surface area contributed by atoms with Gasteiger partial charge in [0.25, 0.3) is 0 Å². The van der Waals surface area contributed by atoms with Crippen LogP contribution in [0.25, 0.3) is 0 Å². The molecule has 3 rings (SSSR count). The molecule has 0 bridgehead atoms. The summed E-state index contributed by atoms with van der Waals surface area (Å²) in [6, 6.07) is -0.661. The zero-order valence-corrected chi connectivity index (χ0v) is 16.5. The van der Waals surface area contributed by atoms with Crippen LogP contribution in [0.15, 0.2) is 6.07 Å². The van der Waals surface area contributed by atoms with Crippen LogP contribution in [-0.4, -0.2) is 0 Å². The van der Waals surface area contributed by atoms with Crippen LogP contribution in [0.3, 0.4) is 0 Å². The van der Waals surface area contributed by atoms with Crippen molar-refractivity contribution < 1.29 is 66.5 Å². The molecular formula is C19H5F13N2O2. The number of anilines is 2. The average molecular weight is 540 g/mol. The molecule has 0 aliphatic rings.